The zero-order chi connectivity index (χ0) is 11.5. The number of aryl methyl sites for hydroxylation is 1. The highest BCUT2D eigenvalue weighted by atomic mass is 79.9. The summed E-state index contributed by atoms with van der Waals surface area (Å²) in [5.74, 6) is 0. The van der Waals surface area contributed by atoms with E-state index in [0.717, 1.165) is 26.0 Å². The smallest absolute Gasteiger partial charge is 0.0813 e. The van der Waals surface area contributed by atoms with Crippen LogP contribution in [0.1, 0.15) is 23.0 Å². The molecule has 5 heteroatoms. The molecule has 2 rings (SSSR count). The molecule has 86 valence electrons. The van der Waals surface area contributed by atoms with Crippen molar-refractivity contribution >= 4 is 54.5 Å². The Balaban J connectivity index is 1.98. The molecule has 0 radical (unpaired) electrons. The number of halogens is 2. The predicted octanol–water partition coefficient (Wildman–Crippen LogP) is 5.00. The minimum atomic E-state index is -0.390. The molecule has 0 bridgehead atoms. The Morgan fingerprint density at radius 3 is 2.75 bits per heavy atom. The molecule has 2 aromatic heterocycles. The lowest BCUT2D eigenvalue weighted by Crippen LogP contribution is -1.97. The van der Waals surface area contributed by atoms with Crippen LogP contribution in [0.5, 0.6) is 0 Å². The number of rotatable bonds is 4. The van der Waals surface area contributed by atoms with Gasteiger partial charge >= 0.3 is 0 Å². The number of aliphatic hydroxyl groups excluding tert-OH is 1. The number of thiophene rings is 2. The molecule has 0 aliphatic rings. The average molecular weight is 382 g/mol. The highest BCUT2D eigenvalue weighted by Gasteiger charge is 2.14. The molecule has 2 heterocycles. The maximum absolute atomic E-state index is 10.1. The minimum Gasteiger partial charge on any atom is -0.388 e. The van der Waals surface area contributed by atoms with Crippen LogP contribution in [0.15, 0.2) is 31.2 Å². The lowest BCUT2D eigenvalue weighted by atomic mass is 10.1. The van der Waals surface area contributed by atoms with Crippen LogP contribution in [0.25, 0.3) is 0 Å². The third kappa shape index (κ3) is 3.17. The highest BCUT2D eigenvalue weighted by molar-refractivity contribution is 9.12. The van der Waals surface area contributed by atoms with E-state index >= 15 is 0 Å². The van der Waals surface area contributed by atoms with Crippen molar-refractivity contribution in [1.29, 1.82) is 0 Å². The fourth-order valence-electron chi connectivity index (χ4n) is 1.47. The molecular formula is C11H10Br2OS2. The topological polar surface area (TPSA) is 20.2 Å². The van der Waals surface area contributed by atoms with Gasteiger partial charge in [0.15, 0.2) is 0 Å². The molecule has 0 saturated heterocycles. The van der Waals surface area contributed by atoms with Gasteiger partial charge in [-0.05, 0) is 62.2 Å². The van der Waals surface area contributed by atoms with Crippen molar-refractivity contribution in [3.63, 3.8) is 0 Å². The second-order valence-electron chi connectivity index (χ2n) is 3.41. The van der Waals surface area contributed by atoms with Crippen molar-refractivity contribution in [3.05, 3.63) is 41.6 Å². The summed E-state index contributed by atoms with van der Waals surface area (Å²) in [5, 5.41) is 12.1. The minimum absolute atomic E-state index is 0.390. The van der Waals surface area contributed by atoms with E-state index in [-0.39, 0.29) is 6.10 Å². The van der Waals surface area contributed by atoms with Crippen molar-refractivity contribution in [1.82, 2.24) is 0 Å². The molecule has 0 saturated carbocycles. The van der Waals surface area contributed by atoms with Crippen LogP contribution in [0.4, 0.5) is 0 Å². The third-order valence-electron chi connectivity index (χ3n) is 2.29. The van der Waals surface area contributed by atoms with Gasteiger partial charge in [-0.3, -0.25) is 0 Å². The van der Waals surface area contributed by atoms with Gasteiger partial charge in [0, 0.05) is 10.4 Å². The average Bonchev–Trinajstić information content (AvgIpc) is 2.84. The van der Waals surface area contributed by atoms with Crippen molar-refractivity contribution in [3.8, 4) is 0 Å². The van der Waals surface area contributed by atoms with Crippen molar-refractivity contribution in [2.24, 2.45) is 0 Å². The number of hydrogen-bond donors (Lipinski definition) is 1. The maximum Gasteiger partial charge on any atom is 0.0813 e. The third-order valence-corrected chi connectivity index (χ3v) is 5.61. The fraction of sp³-hybridized carbons (Fsp3) is 0.273. The van der Waals surface area contributed by atoms with Gasteiger partial charge in [0.05, 0.1) is 13.7 Å². The van der Waals surface area contributed by atoms with Crippen LogP contribution in [0.3, 0.4) is 0 Å². The summed E-state index contributed by atoms with van der Waals surface area (Å²) < 4.78 is 2.06. The molecule has 0 aliphatic heterocycles. The van der Waals surface area contributed by atoms with Crippen LogP contribution in [0.2, 0.25) is 0 Å². The molecule has 1 nitrogen and oxygen atoms in total. The Bertz CT molecular complexity index is 451. The molecule has 0 aliphatic carbocycles. The summed E-state index contributed by atoms with van der Waals surface area (Å²) >= 11 is 10.2. The first-order valence-corrected chi connectivity index (χ1v) is 8.10. The van der Waals surface area contributed by atoms with Crippen LogP contribution in [-0.2, 0) is 6.42 Å². The van der Waals surface area contributed by atoms with Gasteiger partial charge in [-0.1, -0.05) is 6.07 Å². The van der Waals surface area contributed by atoms with Gasteiger partial charge in [0.1, 0.15) is 0 Å². The Morgan fingerprint density at radius 2 is 2.19 bits per heavy atom. The van der Waals surface area contributed by atoms with Crippen LogP contribution >= 0.6 is 54.5 Å². The van der Waals surface area contributed by atoms with Crippen LogP contribution in [0, 0.1) is 0 Å². The SMILES string of the molecule is OC(CCc1cccs1)c1cc(Br)sc1Br. The molecular weight excluding hydrogens is 372 g/mol. The first kappa shape index (κ1) is 12.8. The predicted molar refractivity (Wildman–Crippen MR) is 77.3 cm³/mol. The van der Waals surface area contributed by atoms with Gasteiger partial charge in [-0.2, -0.15) is 0 Å². The first-order chi connectivity index (χ1) is 7.66. The molecule has 1 unspecified atom stereocenters. The van der Waals surface area contributed by atoms with Gasteiger partial charge < -0.3 is 5.11 Å². The van der Waals surface area contributed by atoms with Gasteiger partial charge in [0.25, 0.3) is 0 Å². The fourth-order valence-corrected chi connectivity index (χ4v) is 5.15. The molecule has 0 amide bonds. The zero-order valence-electron chi connectivity index (χ0n) is 8.32. The summed E-state index contributed by atoms with van der Waals surface area (Å²) in [6.45, 7) is 0. The Hall–Kier alpha value is 0.320. The van der Waals surface area contributed by atoms with E-state index in [9.17, 15) is 5.11 Å². The molecule has 0 aromatic carbocycles. The lowest BCUT2D eigenvalue weighted by molar-refractivity contribution is 0.168. The summed E-state index contributed by atoms with van der Waals surface area (Å²) in [6.07, 6.45) is 1.31. The van der Waals surface area contributed by atoms with E-state index in [1.54, 1.807) is 22.7 Å². The largest absolute Gasteiger partial charge is 0.388 e. The van der Waals surface area contributed by atoms with Crippen molar-refractivity contribution < 1.29 is 5.11 Å². The molecule has 1 N–H and O–H groups in total. The van der Waals surface area contributed by atoms with Gasteiger partial charge in [-0.25, -0.2) is 0 Å². The van der Waals surface area contributed by atoms with E-state index < -0.39 is 0 Å². The lowest BCUT2D eigenvalue weighted by Gasteiger charge is -2.08. The maximum atomic E-state index is 10.1. The van der Waals surface area contributed by atoms with E-state index in [0.29, 0.717) is 0 Å². The molecule has 2 aromatic rings. The molecule has 16 heavy (non-hydrogen) atoms. The monoisotopic (exact) mass is 380 g/mol. The summed E-state index contributed by atoms with van der Waals surface area (Å²) in [4.78, 5) is 1.32. The Labute approximate surface area is 119 Å². The second-order valence-corrected chi connectivity index (χ2v) is 8.19. The normalized spacial score (nSPS) is 12.9. The van der Waals surface area contributed by atoms with Crippen LogP contribution < -0.4 is 0 Å². The summed E-state index contributed by atoms with van der Waals surface area (Å²) in [7, 11) is 0. The second kappa shape index (κ2) is 5.78. The number of aliphatic hydroxyl groups is 1. The molecule has 1 atom stereocenters. The quantitative estimate of drug-likeness (QED) is 0.789. The number of hydrogen-bond acceptors (Lipinski definition) is 3. The van der Waals surface area contributed by atoms with Gasteiger partial charge in [-0.15, -0.1) is 22.7 Å². The zero-order valence-corrected chi connectivity index (χ0v) is 13.1. The van der Waals surface area contributed by atoms with Crippen molar-refractivity contribution in [2.75, 3.05) is 0 Å². The van der Waals surface area contributed by atoms with Gasteiger partial charge in [0.2, 0.25) is 0 Å². The van der Waals surface area contributed by atoms with E-state index in [1.165, 1.54) is 4.88 Å². The van der Waals surface area contributed by atoms with Crippen LogP contribution in [-0.4, -0.2) is 5.11 Å². The Morgan fingerprint density at radius 1 is 1.38 bits per heavy atom. The molecule has 0 spiro atoms. The van der Waals surface area contributed by atoms with E-state index in [1.807, 2.05) is 12.1 Å². The summed E-state index contributed by atoms with van der Waals surface area (Å²) in [5.41, 5.74) is 0.980. The van der Waals surface area contributed by atoms with E-state index in [2.05, 4.69) is 43.3 Å². The van der Waals surface area contributed by atoms with Crippen molar-refractivity contribution in [2.45, 2.75) is 18.9 Å². The summed E-state index contributed by atoms with van der Waals surface area (Å²) in [6, 6.07) is 6.13. The molecule has 0 fully saturated rings. The first-order valence-electron chi connectivity index (χ1n) is 4.82. The van der Waals surface area contributed by atoms with E-state index in [4.69, 9.17) is 0 Å². The standard InChI is InChI=1S/C11H10Br2OS2/c12-10-6-8(11(13)16-10)9(14)4-3-7-2-1-5-15-7/h1-2,5-6,9,14H,3-4H2. The Kier molecular flexibility index (Phi) is 4.61. The highest BCUT2D eigenvalue weighted by Crippen LogP contribution is 2.36.